The smallest absolute Gasteiger partial charge is 0.227 e. The maximum atomic E-state index is 12.4. The van der Waals surface area contributed by atoms with E-state index in [9.17, 15) is 4.79 Å². The minimum absolute atomic E-state index is 0.145. The number of pyridine rings is 1. The molecule has 1 aliphatic heterocycles. The summed E-state index contributed by atoms with van der Waals surface area (Å²) in [6.07, 6.45) is 4.24. The van der Waals surface area contributed by atoms with Crippen LogP contribution in [0.4, 0.5) is 0 Å². The number of aromatic nitrogens is 3. The normalized spacial score (nSPS) is 19.0. The molecule has 1 aliphatic rings. The quantitative estimate of drug-likeness (QED) is 0.844. The Morgan fingerprint density at radius 2 is 2.30 bits per heavy atom. The van der Waals surface area contributed by atoms with Gasteiger partial charge in [0.2, 0.25) is 17.6 Å². The highest BCUT2D eigenvalue weighted by Gasteiger charge is 2.25. The molecule has 0 aliphatic carbocycles. The molecule has 0 radical (unpaired) electrons. The molecule has 2 aromatic rings. The van der Waals surface area contributed by atoms with E-state index in [1.165, 1.54) is 0 Å². The molecule has 1 unspecified atom stereocenters. The summed E-state index contributed by atoms with van der Waals surface area (Å²) in [5.41, 5.74) is 0.807. The van der Waals surface area contributed by atoms with E-state index in [1.807, 2.05) is 17.0 Å². The average Bonchev–Trinajstić information content (AvgIpc) is 3.02. The minimum atomic E-state index is 0.145. The van der Waals surface area contributed by atoms with E-state index < -0.39 is 0 Å². The summed E-state index contributed by atoms with van der Waals surface area (Å²) in [5.74, 6) is 1.14. The van der Waals surface area contributed by atoms with Crippen LogP contribution < -0.4 is 0 Å². The van der Waals surface area contributed by atoms with Crippen LogP contribution in [0.25, 0.3) is 11.4 Å². The third-order valence-electron chi connectivity index (χ3n) is 4.09. The van der Waals surface area contributed by atoms with Crippen molar-refractivity contribution in [2.45, 2.75) is 25.8 Å². The van der Waals surface area contributed by atoms with Crippen LogP contribution in [0.2, 0.25) is 0 Å². The van der Waals surface area contributed by atoms with E-state index >= 15 is 0 Å². The Morgan fingerprint density at radius 3 is 3.04 bits per heavy atom. The van der Waals surface area contributed by atoms with E-state index in [0.717, 1.165) is 25.2 Å². The molecule has 3 rings (SSSR count). The van der Waals surface area contributed by atoms with Crippen LogP contribution in [-0.4, -0.2) is 63.6 Å². The number of carbonyl (C=O) groups is 1. The molecular formula is C16H21N5O2. The fourth-order valence-corrected chi connectivity index (χ4v) is 2.84. The van der Waals surface area contributed by atoms with Crippen LogP contribution in [0, 0.1) is 0 Å². The highest BCUT2D eigenvalue weighted by atomic mass is 16.5. The lowest BCUT2D eigenvalue weighted by molar-refractivity contribution is -0.135. The summed E-state index contributed by atoms with van der Waals surface area (Å²) >= 11 is 0. The molecule has 7 nitrogen and oxygen atoms in total. The molecule has 1 amide bonds. The molecule has 1 fully saturated rings. The molecule has 0 aromatic carbocycles. The third-order valence-corrected chi connectivity index (χ3v) is 4.09. The summed E-state index contributed by atoms with van der Waals surface area (Å²) in [7, 11) is 2.08. The van der Waals surface area contributed by atoms with Crippen LogP contribution in [0.1, 0.15) is 19.2 Å². The van der Waals surface area contributed by atoms with Crippen molar-refractivity contribution in [3.8, 4) is 11.4 Å². The first-order valence-electron chi connectivity index (χ1n) is 7.84. The number of hydrogen-bond acceptors (Lipinski definition) is 6. The molecule has 0 spiro atoms. The van der Waals surface area contributed by atoms with Crippen molar-refractivity contribution in [2.24, 2.45) is 0 Å². The number of amides is 1. The summed E-state index contributed by atoms with van der Waals surface area (Å²) in [4.78, 5) is 24.9. The fraction of sp³-hybridized carbons (Fsp3) is 0.500. The fourth-order valence-electron chi connectivity index (χ4n) is 2.84. The Bertz CT molecular complexity index is 658. The van der Waals surface area contributed by atoms with E-state index in [4.69, 9.17) is 4.52 Å². The Balaban J connectivity index is 1.56. The molecule has 122 valence electrons. The highest BCUT2D eigenvalue weighted by Crippen LogP contribution is 2.15. The van der Waals surface area contributed by atoms with Gasteiger partial charge in [0, 0.05) is 56.5 Å². The summed E-state index contributed by atoms with van der Waals surface area (Å²) in [6, 6.07) is 3.94. The molecule has 23 heavy (non-hydrogen) atoms. The first-order chi connectivity index (χ1) is 11.1. The van der Waals surface area contributed by atoms with Crippen molar-refractivity contribution >= 4 is 5.91 Å². The Hall–Kier alpha value is -2.28. The number of hydrogen-bond donors (Lipinski definition) is 0. The first kappa shape index (κ1) is 15.6. The predicted molar refractivity (Wildman–Crippen MR) is 84.5 cm³/mol. The number of nitrogens with zero attached hydrogens (tertiary/aromatic N) is 5. The monoisotopic (exact) mass is 315 g/mol. The lowest BCUT2D eigenvalue weighted by Crippen LogP contribution is -2.52. The lowest BCUT2D eigenvalue weighted by Gasteiger charge is -2.38. The molecule has 7 heteroatoms. The van der Waals surface area contributed by atoms with Gasteiger partial charge in [-0.3, -0.25) is 9.78 Å². The van der Waals surface area contributed by atoms with Crippen LogP contribution in [0.5, 0.6) is 0 Å². The van der Waals surface area contributed by atoms with Gasteiger partial charge in [-0.05, 0) is 26.1 Å². The molecule has 0 N–H and O–H groups in total. The number of likely N-dealkylation sites (N-methyl/N-ethyl adjacent to an activating group) is 1. The maximum absolute atomic E-state index is 12.4. The van der Waals surface area contributed by atoms with Crippen molar-refractivity contribution in [1.29, 1.82) is 0 Å². The van der Waals surface area contributed by atoms with Crippen LogP contribution in [0.15, 0.2) is 29.0 Å². The molecule has 1 saturated heterocycles. The van der Waals surface area contributed by atoms with Crippen LogP contribution in [0.3, 0.4) is 0 Å². The van der Waals surface area contributed by atoms with E-state index in [0.29, 0.717) is 24.6 Å². The van der Waals surface area contributed by atoms with Crippen molar-refractivity contribution in [3.05, 3.63) is 30.4 Å². The maximum Gasteiger partial charge on any atom is 0.227 e. The summed E-state index contributed by atoms with van der Waals surface area (Å²) in [6.45, 7) is 4.70. The highest BCUT2D eigenvalue weighted by molar-refractivity contribution is 5.76. The molecule has 0 saturated carbocycles. The van der Waals surface area contributed by atoms with Crippen molar-refractivity contribution < 1.29 is 9.32 Å². The Kier molecular flexibility index (Phi) is 4.66. The van der Waals surface area contributed by atoms with E-state index in [-0.39, 0.29) is 11.9 Å². The number of piperazine rings is 1. The van der Waals surface area contributed by atoms with Gasteiger partial charge >= 0.3 is 0 Å². The van der Waals surface area contributed by atoms with Gasteiger partial charge in [-0.15, -0.1) is 0 Å². The number of aryl methyl sites for hydroxylation is 1. The molecule has 0 bridgehead atoms. The molecular weight excluding hydrogens is 294 g/mol. The van der Waals surface area contributed by atoms with Gasteiger partial charge in [0.25, 0.3) is 0 Å². The van der Waals surface area contributed by atoms with Gasteiger partial charge in [0.05, 0.1) is 0 Å². The predicted octanol–water partition coefficient (Wildman–Crippen LogP) is 1.23. The topological polar surface area (TPSA) is 75.4 Å². The van der Waals surface area contributed by atoms with Gasteiger partial charge < -0.3 is 14.3 Å². The molecule has 1 atom stereocenters. The standard InChI is InChI=1S/C16H21N5O2/c1-12-11-20(2)8-9-21(12)15(22)6-5-14-18-16(19-23-14)13-4-3-7-17-10-13/h3-4,7,10,12H,5-6,8-9,11H2,1-2H3. The minimum Gasteiger partial charge on any atom is -0.339 e. The van der Waals surface area contributed by atoms with E-state index in [1.54, 1.807) is 12.4 Å². The second kappa shape index (κ2) is 6.87. The average molecular weight is 315 g/mol. The number of carbonyl (C=O) groups excluding carboxylic acids is 1. The first-order valence-corrected chi connectivity index (χ1v) is 7.84. The second-order valence-corrected chi connectivity index (χ2v) is 5.95. The second-order valence-electron chi connectivity index (χ2n) is 5.95. The largest absolute Gasteiger partial charge is 0.339 e. The summed E-state index contributed by atoms with van der Waals surface area (Å²) in [5, 5.41) is 3.94. The van der Waals surface area contributed by atoms with Crippen LogP contribution >= 0.6 is 0 Å². The van der Waals surface area contributed by atoms with Gasteiger partial charge in [-0.1, -0.05) is 5.16 Å². The zero-order valence-corrected chi connectivity index (χ0v) is 13.5. The molecule has 2 aromatic heterocycles. The van der Waals surface area contributed by atoms with Gasteiger partial charge in [-0.2, -0.15) is 4.98 Å². The van der Waals surface area contributed by atoms with Gasteiger partial charge in [-0.25, -0.2) is 0 Å². The third kappa shape index (κ3) is 3.73. The van der Waals surface area contributed by atoms with Crippen molar-refractivity contribution in [3.63, 3.8) is 0 Å². The van der Waals surface area contributed by atoms with Crippen LogP contribution in [-0.2, 0) is 11.2 Å². The lowest BCUT2D eigenvalue weighted by atomic mass is 10.1. The Labute approximate surface area is 135 Å². The van der Waals surface area contributed by atoms with Gasteiger partial charge in [0.1, 0.15) is 0 Å². The van der Waals surface area contributed by atoms with Crippen molar-refractivity contribution in [1.82, 2.24) is 24.9 Å². The van der Waals surface area contributed by atoms with Crippen molar-refractivity contribution in [2.75, 3.05) is 26.7 Å². The zero-order valence-electron chi connectivity index (χ0n) is 13.5. The zero-order chi connectivity index (χ0) is 16.2. The summed E-state index contributed by atoms with van der Waals surface area (Å²) < 4.78 is 5.23. The van der Waals surface area contributed by atoms with Gasteiger partial charge in [0.15, 0.2) is 0 Å². The molecule has 3 heterocycles. The van der Waals surface area contributed by atoms with E-state index in [2.05, 4.69) is 34.0 Å². The Morgan fingerprint density at radius 1 is 1.43 bits per heavy atom. The number of rotatable bonds is 4. The SMILES string of the molecule is CC1CN(C)CCN1C(=O)CCc1nc(-c2cccnc2)no1.